The summed E-state index contributed by atoms with van der Waals surface area (Å²) in [6.07, 6.45) is 0. The summed E-state index contributed by atoms with van der Waals surface area (Å²) in [6.45, 7) is 0. The number of benzene rings is 2. The number of halogens is 2. The maximum absolute atomic E-state index is 11.9. The van der Waals surface area contributed by atoms with E-state index < -0.39 is 0 Å². The van der Waals surface area contributed by atoms with E-state index in [1.54, 1.807) is 24.3 Å². The van der Waals surface area contributed by atoms with Crippen molar-refractivity contribution in [3.63, 3.8) is 0 Å². The molecular formula is C13H9Cl2NO2. The molecule has 2 aromatic carbocycles. The zero-order valence-corrected chi connectivity index (χ0v) is 10.7. The number of hydrogen-bond acceptors (Lipinski definition) is 2. The molecule has 92 valence electrons. The zero-order valence-electron chi connectivity index (χ0n) is 9.15. The van der Waals surface area contributed by atoms with Gasteiger partial charge in [-0.25, -0.2) is 0 Å². The highest BCUT2D eigenvalue weighted by molar-refractivity contribution is 6.34. The van der Waals surface area contributed by atoms with Gasteiger partial charge in [-0.15, -0.1) is 0 Å². The second kappa shape index (κ2) is 5.29. The quantitative estimate of drug-likeness (QED) is 0.876. The van der Waals surface area contributed by atoms with Crippen LogP contribution in [0, 0.1) is 0 Å². The molecule has 0 aromatic heterocycles. The van der Waals surface area contributed by atoms with Gasteiger partial charge in [0, 0.05) is 5.56 Å². The van der Waals surface area contributed by atoms with Gasteiger partial charge < -0.3 is 10.4 Å². The highest BCUT2D eigenvalue weighted by Crippen LogP contribution is 2.25. The molecule has 0 aliphatic heterocycles. The zero-order chi connectivity index (χ0) is 13.1. The Labute approximate surface area is 114 Å². The summed E-state index contributed by atoms with van der Waals surface area (Å²) in [7, 11) is 0. The van der Waals surface area contributed by atoms with Crippen LogP contribution in [0.5, 0.6) is 5.75 Å². The first-order valence-electron chi connectivity index (χ1n) is 5.12. The van der Waals surface area contributed by atoms with Gasteiger partial charge in [0.25, 0.3) is 5.91 Å². The van der Waals surface area contributed by atoms with E-state index >= 15 is 0 Å². The third-order valence-corrected chi connectivity index (χ3v) is 2.96. The summed E-state index contributed by atoms with van der Waals surface area (Å²) >= 11 is 11.7. The Bertz CT molecular complexity index is 599. The average molecular weight is 282 g/mol. The topological polar surface area (TPSA) is 49.3 Å². The van der Waals surface area contributed by atoms with Crippen LogP contribution in [-0.4, -0.2) is 11.0 Å². The fraction of sp³-hybridized carbons (Fsp3) is 0. The van der Waals surface area contributed by atoms with Crippen molar-refractivity contribution in [3.8, 4) is 5.75 Å². The number of carbonyl (C=O) groups excluding carboxylic acids is 1. The fourth-order valence-electron chi connectivity index (χ4n) is 1.41. The molecular weight excluding hydrogens is 273 g/mol. The van der Waals surface area contributed by atoms with E-state index in [4.69, 9.17) is 23.2 Å². The maximum Gasteiger partial charge on any atom is 0.255 e. The Morgan fingerprint density at radius 2 is 1.78 bits per heavy atom. The van der Waals surface area contributed by atoms with Crippen molar-refractivity contribution in [2.45, 2.75) is 0 Å². The van der Waals surface area contributed by atoms with Crippen LogP contribution in [0.3, 0.4) is 0 Å². The highest BCUT2D eigenvalue weighted by atomic mass is 35.5. The van der Waals surface area contributed by atoms with Crippen molar-refractivity contribution >= 4 is 34.8 Å². The van der Waals surface area contributed by atoms with Crippen molar-refractivity contribution < 1.29 is 9.90 Å². The third kappa shape index (κ3) is 2.75. The predicted octanol–water partition coefficient (Wildman–Crippen LogP) is 3.95. The van der Waals surface area contributed by atoms with Crippen LogP contribution < -0.4 is 5.32 Å². The molecule has 2 aromatic rings. The number of amides is 1. The molecule has 0 saturated heterocycles. The van der Waals surface area contributed by atoms with E-state index in [9.17, 15) is 9.90 Å². The standard InChI is InChI=1S/C13H9Cl2NO2/c14-9-3-1-2-4-11(9)16-13(18)8-5-6-12(17)10(15)7-8/h1-7,17H,(H,16,18). The second-order valence-electron chi connectivity index (χ2n) is 3.60. The molecule has 3 nitrogen and oxygen atoms in total. The molecule has 0 aliphatic carbocycles. The van der Waals surface area contributed by atoms with E-state index in [1.807, 2.05) is 0 Å². The molecule has 0 saturated carbocycles. The molecule has 1 amide bonds. The maximum atomic E-state index is 11.9. The fourth-order valence-corrected chi connectivity index (χ4v) is 1.77. The predicted molar refractivity (Wildman–Crippen MR) is 72.5 cm³/mol. The van der Waals surface area contributed by atoms with Crippen LogP contribution in [0.4, 0.5) is 5.69 Å². The molecule has 18 heavy (non-hydrogen) atoms. The first-order valence-corrected chi connectivity index (χ1v) is 5.88. The van der Waals surface area contributed by atoms with E-state index in [-0.39, 0.29) is 16.7 Å². The summed E-state index contributed by atoms with van der Waals surface area (Å²) in [5, 5.41) is 12.5. The van der Waals surface area contributed by atoms with Crippen molar-refractivity contribution in [1.82, 2.24) is 0 Å². The van der Waals surface area contributed by atoms with Gasteiger partial charge in [0.15, 0.2) is 0 Å². The Morgan fingerprint density at radius 1 is 1.06 bits per heavy atom. The summed E-state index contributed by atoms with van der Waals surface area (Å²) in [5.74, 6) is -0.407. The molecule has 2 N–H and O–H groups in total. The van der Waals surface area contributed by atoms with Gasteiger partial charge in [-0.2, -0.15) is 0 Å². The Kier molecular flexibility index (Phi) is 3.75. The van der Waals surface area contributed by atoms with E-state index in [0.717, 1.165) is 0 Å². The molecule has 0 fully saturated rings. The van der Waals surface area contributed by atoms with Gasteiger partial charge in [0.2, 0.25) is 0 Å². The summed E-state index contributed by atoms with van der Waals surface area (Å²) in [5.41, 5.74) is 0.867. The Morgan fingerprint density at radius 3 is 2.44 bits per heavy atom. The van der Waals surface area contributed by atoms with Gasteiger partial charge in [-0.1, -0.05) is 35.3 Å². The number of carbonyl (C=O) groups is 1. The van der Waals surface area contributed by atoms with Crippen molar-refractivity contribution in [2.75, 3.05) is 5.32 Å². The average Bonchev–Trinajstić information content (AvgIpc) is 2.35. The molecule has 0 heterocycles. The van der Waals surface area contributed by atoms with Crippen molar-refractivity contribution in [1.29, 1.82) is 0 Å². The summed E-state index contributed by atoms with van der Waals surface area (Å²) in [6, 6.07) is 11.2. The SMILES string of the molecule is O=C(Nc1ccccc1Cl)c1ccc(O)c(Cl)c1. The van der Waals surface area contributed by atoms with Crippen LogP contribution >= 0.6 is 23.2 Å². The molecule has 2 rings (SSSR count). The minimum absolute atomic E-state index is 0.0639. The van der Waals surface area contributed by atoms with Crippen LogP contribution in [0.15, 0.2) is 42.5 Å². The van der Waals surface area contributed by atoms with E-state index in [1.165, 1.54) is 18.2 Å². The summed E-state index contributed by atoms with van der Waals surface area (Å²) < 4.78 is 0. The first kappa shape index (κ1) is 12.7. The molecule has 0 unspecified atom stereocenters. The number of hydrogen-bond donors (Lipinski definition) is 2. The number of aromatic hydroxyl groups is 1. The lowest BCUT2D eigenvalue weighted by atomic mass is 10.2. The van der Waals surface area contributed by atoms with Gasteiger partial charge >= 0.3 is 0 Å². The number of anilines is 1. The van der Waals surface area contributed by atoms with Gasteiger partial charge in [0.1, 0.15) is 5.75 Å². The lowest BCUT2D eigenvalue weighted by molar-refractivity contribution is 0.102. The van der Waals surface area contributed by atoms with Crippen LogP contribution in [0.2, 0.25) is 10.0 Å². The van der Waals surface area contributed by atoms with E-state index in [2.05, 4.69) is 5.32 Å². The normalized spacial score (nSPS) is 10.1. The van der Waals surface area contributed by atoms with Crippen LogP contribution in [0.1, 0.15) is 10.4 Å². The lowest BCUT2D eigenvalue weighted by Crippen LogP contribution is -2.12. The largest absolute Gasteiger partial charge is 0.506 e. The monoisotopic (exact) mass is 281 g/mol. The molecule has 0 aliphatic rings. The third-order valence-electron chi connectivity index (χ3n) is 2.33. The van der Waals surface area contributed by atoms with Crippen LogP contribution in [-0.2, 0) is 0 Å². The van der Waals surface area contributed by atoms with Gasteiger partial charge in [-0.3, -0.25) is 4.79 Å². The number of phenols is 1. The molecule has 0 spiro atoms. The van der Waals surface area contributed by atoms with Crippen LogP contribution in [0.25, 0.3) is 0 Å². The van der Waals surface area contributed by atoms with Crippen molar-refractivity contribution in [2.24, 2.45) is 0 Å². The minimum atomic E-state index is -0.343. The molecule has 0 bridgehead atoms. The molecule has 0 radical (unpaired) electrons. The molecule has 0 atom stereocenters. The number of phenolic OH excluding ortho intramolecular Hbond substituents is 1. The lowest BCUT2D eigenvalue weighted by Gasteiger charge is -2.07. The van der Waals surface area contributed by atoms with Crippen molar-refractivity contribution in [3.05, 3.63) is 58.1 Å². The minimum Gasteiger partial charge on any atom is -0.506 e. The Balaban J connectivity index is 2.22. The highest BCUT2D eigenvalue weighted by Gasteiger charge is 2.10. The first-order chi connectivity index (χ1) is 8.58. The summed E-state index contributed by atoms with van der Waals surface area (Å²) in [4.78, 5) is 11.9. The second-order valence-corrected chi connectivity index (χ2v) is 4.41. The Hall–Kier alpha value is -1.71. The molecule has 5 heteroatoms. The van der Waals surface area contributed by atoms with E-state index in [0.29, 0.717) is 16.3 Å². The number of para-hydroxylation sites is 1. The smallest absolute Gasteiger partial charge is 0.255 e. The van der Waals surface area contributed by atoms with Gasteiger partial charge in [0.05, 0.1) is 15.7 Å². The number of rotatable bonds is 2. The van der Waals surface area contributed by atoms with Gasteiger partial charge in [-0.05, 0) is 30.3 Å². The number of nitrogens with one attached hydrogen (secondary N) is 1.